The smallest absolute Gasteiger partial charge is 0.191 e. The molecule has 0 atom stereocenters. The van der Waals surface area contributed by atoms with Gasteiger partial charge in [-0.3, -0.25) is 4.99 Å². The Morgan fingerprint density at radius 2 is 2.09 bits per heavy atom. The number of aliphatic imine (C=N–C) groups is 1. The van der Waals surface area contributed by atoms with Crippen molar-refractivity contribution in [1.29, 1.82) is 0 Å². The van der Waals surface area contributed by atoms with Gasteiger partial charge >= 0.3 is 0 Å². The van der Waals surface area contributed by atoms with Crippen LogP contribution in [0.2, 0.25) is 0 Å². The Morgan fingerprint density at radius 3 is 2.78 bits per heavy atom. The fourth-order valence-electron chi connectivity index (χ4n) is 2.06. The van der Waals surface area contributed by atoms with Gasteiger partial charge in [-0.1, -0.05) is 24.2 Å². The predicted molar refractivity (Wildman–Crippen MR) is 90.5 cm³/mol. The minimum Gasteiger partial charge on any atom is -0.493 e. The van der Waals surface area contributed by atoms with Crippen molar-refractivity contribution >= 4 is 5.96 Å². The van der Waals surface area contributed by atoms with Gasteiger partial charge in [0.25, 0.3) is 0 Å². The van der Waals surface area contributed by atoms with Crippen molar-refractivity contribution < 1.29 is 9.26 Å². The molecule has 0 aliphatic rings. The molecule has 1 aromatic heterocycles. The Labute approximate surface area is 136 Å². The van der Waals surface area contributed by atoms with E-state index in [0.717, 1.165) is 30.0 Å². The molecule has 1 aromatic carbocycles. The van der Waals surface area contributed by atoms with Crippen molar-refractivity contribution in [3.05, 3.63) is 47.3 Å². The highest BCUT2D eigenvalue weighted by Gasteiger charge is 2.06. The van der Waals surface area contributed by atoms with Gasteiger partial charge in [0.05, 0.1) is 13.2 Å². The number of nitrogens with one attached hydrogen (secondary N) is 2. The first-order valence-corrected chi connectivity index (χ1v) is 7.79. The van der Waals surface area contributed by atoms with Crippen LogP contribution >= 0.6 is 0 Å². The summed E-state index contributed by atoms with van der Waals surface area (Å²) in [7, 11) is 1.74. The maximum absolute atomic E-state index is 5.83. The summed E-state index contributed by atoms with van der Waals surface area (Å²) < 4.78 is 10.6. The molecule has 0 saturated carbocycles. The van der Waals surface area contributed by atoms with E-state index in [1.807, 2.05) is 6.07 Å². The number of hydrogen-bond donors (Lipinski definition) is 2. The minimum absolute atomic E-state index is 0.559. The van der Waals surface area contributed by atoms with Gasteiger partial charge in [0.15, 0.2) is 5.96 Å². The monoisotopic (exact) mass is 316 g/mol. The van der Waals surface area contributed by atoms with Gasteiger partial charge in [-0.05, 0) is 25.0 Å². The van der Waals surface area contributed by atoms with E-state index in [9.17, 15) is 0 Å². The number of guanidine groups is 1. The van der Waals surface area contributed by atoms with Gasteiger partial charge in [-0.2, -0.15) is 0 Å². The molecule has 23 heavy (non-hydrogen) atoms. The van der Waals surface area contributed by atoms with Crippen molar-refractivity contribution in [2.45, 2.75) is 33.4 Å². The molecule has 0 saturated heterocycles. The number of aromatic nitrogens is 1. The van der Waals surface area contributed by atoms with Crippen LogP contribution < -0.4 is 15.4 Å². The van der Waals surface area contributed by atoms with Gasteiger partial charge in [0.1, 0.15) is 17.7 Å². The zero-order chi connectivity index (χ0) is 16.5. The van der Waals surface area contributed by atoms with Crippen molar-refractivity contribution in [3.8, 4) is 5.75 Å². The molecule has 0 spiro atoms. The highest BCUT2D eigenvalue weighted by atomic mass is 16.5. The van der Waals surface area contributed by atoms with E-state index in [1.54, 1.807) is 13.3 Å². The van der Waals surface area contributed by atoms with Crippen LogP contribution in [0.1, 0.15) is 30.2 Å². The van der Waals surface area contributed by atoms with E-state index in [2.05, 4.69) is 52.8 Å². The lowest BCUT2D eigenvalue weighted by atomic mass is 10.1. The van der Waals surface area contributed by atoms with Crippen molar-refractivity contribution in [2.75, 3.05) is 13.7 Å². The third kappa shape index (κ3) is 5.32. The molecule has 0 amide bonds. The van der Waals surface area contributed by atoms with E-state index in [1.165, 1.54) is 5.56 Å². The van der Waals surface area contributed by atoms with Crippen LogP contribution in [-0.4, -0.2) is 24.8 Å². The van der Waals surface area contributed by atoms with Crippen LogP contribution in [0.4, 0.5) is 0 Å². The molecule has 0 aliphatic carbocycles. The Kier molecular flexibility index (Phi) is 6.47. The average Bonchev–Trinajstić information content (AvgIpc) is 3.07. The van der Waals surface area contributed by atoms with Crippen LogP contribution in [0.15, 0.2) is 40.0 Å². The topological polar surface area (TPSA) is 71.7 Å². The Morgan fingerprint density at radius 1 is 1.26 bits per heavy atom. The molecule has 1 heterocycles. The normalized spacial score (nSPS) is 11.3. The number of benzene rings is 1. The summed E-state index contributed by atoms with van der Waals surface area (Å²) in [6.07, 6.45) is 2.54. The maximum atomic E-state index is 5.83. The Hall–Kier alpha value is -2.50. The molecule has 0 bridgehead atoms. The van der Waals surface area contributed by atoms with E-state index < -0.39 is 0 Å². The quantitative estimate of drug-likeness (QED) is 0.607. The highest BCUT2D eigenvalue weighted by Crippen LogP contribution is 2.20. The van der Waals surface area contributed by atoms with Crippen LogP contribution in [0.5, 0.6) is 5.75 Å². The van der Waals surface area contributed by atoms with Crippen LogP contribution in [0.3, 0.4) is 0 Å². The second-order valence-electron chi connectivity index (χ2n) is 5.23. The molecular weight excluding hydrogens is 292 g/mol. The van der Waals surface area contributed by atoms with Crippen molar-refractivity contribution in [3.63, 3.8) is 0 Å². The lowest BCUT2D eigenvalue weighted by Crippen LogP contribution is -2.36. The molecule has 124 valence electrons. The highest BCUT2D eigenvalue weighted by molar-refractivity contribution is 5.79. The maximum Gasteiger partial charge on any atom is 0.191 e. The van der Waals surface area contributed by atoms with Crippen LogP contribution in [0.25, 0.3) is 0 Å². The van der Waals surface area contributed by atoms with Crippen molar-refractivity contribution in [1.82, 2.24) is 15.8 Å². The second-order valence-corrected chi connectivity index (χ2v) is 5.23. The molecule has 6 heteroatoms. The fourth-order valence-corrected chi connectivity index (χ4v) is 2.06. The van der Waals surface area contributed by atoms with Gasteiger partial charge in [0, 0.05) is 25.2 Å². The lowest BCUT2D eigenvalue weighted by Gasteiger charge is -2.15. The van der Waals surface area contributed by atoms with Crippen molar-refractivity contribution in [2.24, 2.45) is 4.99 Å². The van der Waals surface area contributed by atoms with Crippen LogP contribution in [0, 0.1) is 6.92 Å². The standard InChI is InChI=1S/C17H24N4O2/c1-4-8-22-16-10-13(2)5-6-14(16)11-19-17(18-3)20-12-15-7-9-23-21-15/h5-7,9-10H,4,8,11-12H2,1-3H3,(H2,18,19,20). The summed E-state index contributed by atoms with van der Waals surface area (Å²) in [5.41, 5.74) is 3.12. The zero-order valence-corrected chi connectivity index (χ0v) is 13.9. The third-order valence-electron chi connectivity index (χ3n) is 3.28. The van der Waals surface area contributed by atoms with E-state index >= 15 is 0 Å². The summed E-state index contributed by atoms with van der Waals surface area (Å²) in [5, 5.41) is 10.3. The first-order valence-electron chi connectivity index (χ1n) is 7.79. The Balaban J connectivity index is 1.92. The summed E-state index contributed by atoms with van der Waals surface area (Å²) >= 11 is 0. The average molecular weight is 316 g/mol. The SMILES string of the molecule is CCCOc1cc(C)ccc1CNC(=NC)NCc1ccon1. The van der Waals surface area contributed by atoms with E-state index in [-0.39, 0.29) is 0 Å². The number of aryl methyl sites for hydroxylation is 1. The first-order chi connectivity index (χ1) is 11.2. The Bertz CT molecular complexity index is 624. The number of hydrogen-bond acceptors (Lipinski definition) is 4. The first kappa shape index (κ1) is 16.9. The minimum atomic E-state index is 0.559. The fraction of sp³-hybridized carbons (Fsp3) is 0.412. The van der Waals surface area contributed by atoms with Gasteiger partial charge < -0.3 is 19.9 Å². The summed E-state index contributed by atoms with van der Waals surface area (Å²) in [6.45, 7) is 6.08. The molecule has 6 nitrogen and oxygen atoms in total. The van der Waals surface area contributed by atoms with Gasteiger partial charge in [-0.15, -0.1) is 0 Å². The number of ether oxygens (including phenoxy) is 1. The van der Waals surface area contributed by atoms with E-state index in [4.69, 9.17) is 9.26 Å². The largest absolute Gasteiger partial charge is 0.493 e. The lowest BCUT2D eigenvalue weighted by molar-refractivity contribution is 0.313. The molecular formula is C17H24N4O2. The molecule has 0 fully saturated rings. The molecule has 0 radical (unpaired) electrons. The number of rotatable bonds is 7. The molecule has 0 unspecified atom stereocenters. The van der Waals surface area contributed by atoms with Gasteiger partial charge in [-0.25, -0.2) is 0 Å². The summed E-state index contributed by atoms with van der Waals surface area (Å²) in [6, 6.07) is 8.05. The molecule has 2 aromatic rings. The molecule has 2 N–H and O–H groups in total. The zero-order valence-electron chi connectivity index (χ0n) is 13.9. The van der Waals surface area contributed by atoms with Crippen LogP contribution in [-0.2, 0) is 13.1 Å². The summed E-state index contributed by atoms with van der Waals surface area (Å²) in [4.78, 5) is 4.21. The predicted octanol–water partition coefficient (Wildman–Crippen LogP) is 2.64. The van der Waals surface area contributed by atoms with E-state index in [0.29, 0.717) is 19.0 Å². The third-order valence-corrected chi connectivity index (χ3v) is 3.28. The second kappa shape index (κ2) is 8.82. The molecule has 2 rings (SSSR count). The number of nitrogens with zero attached hydrogens (tertiary/aromatic N) is 2. The summed E-state index contributed by atoms with van der Waals surface area (Å²) in [5.74, 6) is 1.63. The van der Waals surface area contributed by atoms with Gasteiger partial charge in [0.2, 0.25) is 0 Å². The molecule has 0 aliphatic heterocycles.